The number of ether oxygens (including phenoxy) is 1. The van der Waals surface area contributed by atoms with Gasteiger partial charge in [0.2, 0.25) is 0 Å². The maximum atomic E-state index is 12.9. The Morgan fingerprint density at radius 2 is 2.12 bits per heavy atom. The summed E-state index contributed by atoms with van der Waals surface area (Å²) in [4.78, 5) is 1.39. The lowest BCUT2D eigenvalue weighted by molar-refractivity contribution is -0.201. The predicted molar refractivity (Wildman–Crippen MR) is 55.1 cm³/mol. The van der Waals surface area contributed by atoms with Crippen LogP contribution in [0.25, 0.3) is 0 Å². The van der Waals surface area contributed by atoms with Crippen molar-refractivity contribution in [3.8, 4) is 0 Å². The average molecular weight is 240 g/mol. The monoisotopic (exact) mass is 240 g/mol. The third-order valence-corrected chi connectivity index (χ3v) is 2.88. The van der Waals surface area contributed by atoms with Crippen LogP contribution in [0.5, 0.6) is 0 Å². The highest BCUT2D eigenvalue weighted by molar-refractivity contribution is 4.89. The highest BCUT2D eigenvalue weighted by Gasteiger charge is 2.47. The van der Waals surface area contributed by atoms with Crippen LogP contribution in [0.15, 0.2) is 0 Å². The molecule has 3 atom stereocenters. The molecule has 3 unspecified atom stereocenters. The van der Waals surface area contributed by atoms with Gasteiger partial charge in [0, 0.05) is 19.1 Å². The third kappa shape index (κ3) is 3.33. The second-order valence-electron chi connectivity index (χ2n) is 4.23. The molecule has 0 aromatic heterocycles. The molecule has 0 aliphatic carbocycles. The molecule has 0 saturated carbocycles. The average Bonchev–Trinajstić information content (AvgIpc) is 2.15. The van der Waals surface area contributed by atoms with E-state index in [-0.39, 0.29) is 12.6 Å². The summed E-state index contributed by atoms with van der Waals surface area (Å²) in [7, 11) is 0. The van der Waals surface area contributed by atoms with Crippen LogP contribution in [0.2, 0.25) is 0 Å². The lowest BCUT2D eigenvalue weighted by atomic mass is 10.0. The first kappa shape index (κ1) is 13.7. The van der Waals surface area contributed by atoms with Gasteiger partial charge in [0.1, 0.15) is 6.04 Å². The second-order valence-corrected chi connectivity index (χ2v) is 4.23. The number of rotatable bonds is 3. The summed E-state index contributed by atoms with van der Waals surface area (Å²) >= 11 is 0. The minimum atomic E-state index is -4.27. The lowest BCUT2D eigenvalue weighted by Gasteiger charge is -2.40. The first-order valence-corrected chi connectivity index (χ1v) is 5.54. The van der Waals surface area contributed by atoms with Crippen LogP contribution in [-0.2, 0) is 4.74 Å². The van der Waals surface area contributed by atoms with E-state index >= 15 is 0 Å². The first-order valence-electron chi connectivity index (χ1n) is 5.54. The van der Waals surface area contributed by atoms with Crippen LogP contribution in [0.4, 0.5) is 13.2 Å². The van der Waals surface area contributed by atoms with E-state index in [2.05, 4.69) is 0 Å². The molecule has 0 amide bonds. The van der Waals surface area contributed by atoms with Gasteiger partial charge < -0.3 is 10.5 Å². The van der Waals surface area contributed by atoms with Crippen LogP contribution in [-0.4, -0.2) is 49.0 Å². The van der Waals surface area contributed by atoms with Crippen molar-refractivity contribution in [1.29, 1.82) is 0 Å². The van der Waals surface area contributed by atoms with E-state index in [9.17, 15) is 13.2 Å². The van der Waals surface area contributed by atoms with Gasteiger partial charge in [0.15, 0.2) is 0 Å². The van der Waals surface area contributed by atoms with Gasteiger partial charge in [-0.2, -0.15) is 13.2 Å². The van der Waals surface area contributed by atoms with Gasteiger partial charge in [0.25, 0.3) is 0 Å². The summed E-state index contributed by atoms with van der Waals surface area (Å²) in [6, 6.07) is -2.42. The summed E-state index contributed by atoms with van der Waals surface area (Å²) in [5, 5.41) is 0. The first-order chi connectivity index (χ1) is 7.36. The molecule has 1 heterocycles. The van der Waals surface area contributed by atoms with Crippen LogP contribution in [0.3, 0.4) is 0 Å². The Labute approximate surface area is 93.7 Å². The Balaban J connectivity index is 2.75. The largest absolute Gasteiger partial charge is 0.405 e. The quantitative estimate of drug-likeness (QED) is 0.810. The minimum absolute atomic E-state index is 0.164. The number of nitrogens with zero attached hydrogens (tertiary/aromatic N) is 1. The maximum Gasteiger partial charge on any atom is 0.405 e. The molecule has 16 heavy (non-hydrogen) atoms. The zero-order valence-electron chi connectivity index (χ0n) is 9.63. The Morgan fingerprint density at radius 1 is 1.50 bits per heavy atom. The fraction of sp³-hybridized carbons (Fsp3) is 1.00. The molecule has 2 N–H and O–H groups in total. The fourth-order valence-electron chi connectivity index (χ4n) is 2.04. The smallest absolute Gasteiger partial charge is 0.376 e. The van der Waals surface area contributed by atoms with Crippen molar-refractivity contribution < 1.29 is 17.9 Å². The number of nitrogens with two attached hydrogens (primary N) is 1. The van der Waals surface area contributed by atoms with Crippen LogP contribution >= 0.6 is 0 Å². The van der Waals surface area contributed by atoms with Gasteiger partial charge in [-0.05, 0) is 13.3 Å². The molecule has 1 fully saturated rings. The molecule has 0 radical (unpaired) electrons. The van der Waals surface area contributed by atoms with Gasteiger partial charge in [0.05, 0.1) is 12.7 Å². The van der Waals surface area contributed by atoms with Crippen molar-refractivity contribution in [3.63, 3.8) is 0 Å². The fourth-order valence-corrected chi connectivity index (χ4v) is 2.04. The molecule has 0 aromatic rings. The Hall–Kier alpha value is -0.330. The minimum Gasteiger partial charge on any atom is -0.376 e. The van der Waals surface area contributed by atoms with Crippen molar-refractivity contribution in [1.82, 2.24) is 4.90 Å². The van der Waals surface area contributed by atoms with Crippen molar-refractivity contribution in [2.75, 3.05) is 19.7 Å². The highest BCUT2D eigenvalue weighted by atomic mass is 19.4. The van der Waals surface area contributed by atoms with Crippen LogP contribution < -0.4 is 5.73 Å². The molecule has 96 valence electrons. The number of halogens is 3. The van der Waals surface area contributed by atoms with Crippen molar-refractivity contribution in [2.45, 2.75) is 44.6 Å². The van der Waals surface area contributed by atoms with Gasteiger partial charge in [-0.15, -0.1) is 0 Å². The lowest BCUT2D eigenvalue weighted by Crippen LogP contribution is -2.59. The van der Waals surface area contributed by atoms with Crippen molar-refractivity contribution >= 4 is 0 Å². The highest BCUT2D eigenvalue weighted by Crippen LogP contribution is 2.28. The number of hydrogen-bond donors (Lipinski definition) is 1. The summed E-state index contributed by atoms with van der Waals surface area (Å²) < 4.78 is 44.0. The topological polar surface area (TPSA) is 38.5 Å². The van der Waals surface area contributed by atoms with E-state index in [0.717, 1.165) is 0 Å². The molecular formula is C10H19F3N2O. The number of hydrogen-bond acceptors (Lipinski definition) is 3. The summed E-state index contributed by atoms with van der Waals surface area (Å²) in [5.41, 5.74) is 5.58. The molecule has 1 rings (SSSR count). The van der Waals surface area contributed by atoms with E-state index in [0.29, 0.717) is 19.6 Å². The van der Waals surface area contributed by atoms with Crippen molar-refractivity contribution in [2.24, 2.45) is 5.73 Å². The number of alkyl halides is 3. The molecule has 1 aliphatic heterocycles. The molecule has 0 aromatic carbocycles. The summed E-state index contributed by atoms with van der Waals surface area (Å²) in [6.07, 6.45) is -4.12. The zero-order valence-corrected chi connectivity index (χ0v) is 9.63. The molecular weight excluding hydrogens is 221 g/mol. The zero-order chi connectivity index (χ0) is 12.3. The molecule has 3 nitrogen and oxygen atoms in total. The Morgan fingerprint density at radius 3 is 2.56 bits per heavy atom. The SMILES string of the molecule is CCC(N)C(N1CCOC(C)C1)C(F)(F)F. The van der Waals surface area contributed by atoms with Gasteiger partial charge in [-0.1, -0.05) is 6.92 Å². The predicted octanol–water partition coefficient (Wildman–Crippen LogP) is 1.38. The van der Waals surface area contributed by atoms with Crippen molar-refractivity contribution in [3.05, 3.63) is 0 Å². The van der Waals surface area contributed by atoms with Crippen LogP contribution in [0.1, 0.15) is 20.3 Å². The number of morpholine rings is 1. The Kier molecular flexibility index (Phi) is 4.58. The maximum absolute atomic E-state index is 12.9. The van der Waals surface area contributed by atoms with Gasteiger partial charge in [-0.25, -0.2) is 0 Å². The molecule has 1 aliphatic rings. The molecule has 0 bridgehead atoms. The van der Waals surface area contributed by atoms with E-state index in [4.69, 9.17) is 10.5 Å². The van der Waals surface area contributed by atoms with E-state index in [1.54, 1.807) is 13.8 Å². The van der Waals surface area contributed by atoms with E-state index in [1.165, 1.54) is 4.90 Å². The van der Waals surface area contributed by atoms with E-state index < -0.39 is 18.3 Å². The standard InChI is InChI=1S/C10H19F3N2O/c1-3-8(14)9(10(11,12)13)15-4-5-16-7(2)6-15/h7-9H,3-6,14H2,1-2H3. The Bertz CT molecular complexity index is 223. The van der Waals surface area contributed by atoms with E-state index in [1.807, 2.05) is 0 Å². The molecule has 1 saturated heterocycles. The van der Waals surface area contributed by atoms with Gasteiger partial charge >= 0.3 is 6.18 Å². The third-order valence-electron chi connectivity index (χ3n) is 2.88. The van der Waals surface area contributed by atoms with Crippen LogP contribution in [0, 0.1) is 0 Å². The summed E-state index contributed by atoms with van der Waals surface area (Å²) in [5.74, 6) is 0. The normalized spacial score (nSPS) is 27.8. The molecule has 0 spiro atoms. The van der Waals surface area contributed by atoms with Gasteiger partial charge in [-0.3, -0.25) is 4.90 Å². The summed E-state index contributed by atoms with van der Waals surface area (Å²) in [6.45, 7) is 4.37. The molecule has 6 heteroatoms. The second kappa shape index (κ2) is 5.33.